The number of halogens is 1. The highest BCUT2D eigenvalue weighted by Gasteiger charge is 2.34. The maximum absolute atomic E-state index is 9.48. The number of nitrogens with one attached hydrogen (secondary N) is 1. The first-order valence-corrected chi connectivity index (χ1v) is 7.32. The molecule has 6 nitrogen and oxygen atoms in total. The molecule has 0 radical (unpaired) electrons. The summed E-state index contributed by atoms with van der Waals surface area (Å²) in [5, 5.41) is 16.5. The summed E-state index contributed by atoms with van der Waals surface area (Å²) in [6.07, 6.45) is 0. The molecule has 1 atom stereocenters. The molecule has 3 N–H and O–H groups in total. The molecule has 0 saturated carbocycles. The molecule has 0 saturated heterocycles. The van der Waals surface area contributed by atoms with E-state index >= 15 is 0 Å². The minimum atomic E-state index is -0.324. The fraction of sp³-hybridized carbons (Fsp3) is 0.200. The second-order valence-corrected chi connectivity index (χ2v) is 5.74. The number of aromatic nitrogens is 2. The van der Waals surface area contributed by atoms with Gasteiger partial charge < -0.3 is 15.2 Å². The number of hydrogen-bond donors (Lipinski definition) is 2. The number of methoxy groups -OCH3 is 1. The third-order valence-electron chi connectivity index (χ3n) is 3.64. The lowest BCUT2D eigenvalue weighted by atomic mass is 9.84. The van der Waals surface area contributed by atoms with E-state index in [0.29, 0.717) is 11.5 Å². The van der Waals surface area contributed by atoms with Crippen molar-refractivity contribution in [2.75, 3.05) is 7.11 Å². The van der Waals surface area contributed by atoms with Crippen LogP contribution < -0.4 is 15.2 Å². The summed E-state index contributed by atoms with van der Waals surface area (Å²) < 4.78 is 11.5. The minimum Gasteiger partial charge on any atom is -0.496 e. The Kier molecular flexibility index (Phi) is 3.54. The quantitative estimate of drug-likeness (QED) is 0.857. The van der Waals surface area contributed by atoms with Crippen molar-refractivity contribution in [3.8, 4) is 17.7 Å². The number of rotatable bonds is 2. The number of allylic oxidation sites excluding steroid dienone is 1. The summed E-state index contributed by atoms with van der Waals surface area (Å²) >= 11 is 3.47. The van der Waals surface area contributed by atoms with E-state index in [9.17, 15) is 5.26 Å². The number of nitriles is 1. The molecular weight excluding hydrogens is 348 g/mol. The molecule has 0 amide bonds. The first kappa shape index (κ1) is 14.5. The van der Waals surface area contributed by atoms with E-state index in [2.05, 4.69) is 32.2 Å². The number of nitrogens with zero attached hydrogens (tertiary/aromatic N) is 2. The zero-order valence-electron chi connectivity index (χ0n) is 12.0. The van der Waals surface area contributed by atoms with Crippen LogP contribution in [0.15, 0.2) is 34.1 Å². The molecule has 2 aromatic rings. The number of aromatic amines is 1. The molecular formula is C15H13BrN4O2. The lowest BCUT2D eigenvalue weighted by Crippen LogP contribution is -2.21. The molecule has 1 aromatic carbocycles. The van der Waals surface area contributed by atoms with Crippen LogP contribution in [0, 0.1) is 18.3 Å². The Morgan fingerprint density at radius 1 is 1.50 bits per heavy atom. The first-order chi connectivity index (χ1) is 10.6. The summed E-state index contributed by atoms with van der Waals surface area (Å²) in [6.45, 7) is 1.89. The van der Waals surface area contributed by atoms with Crippen LogP contribution in [0.4, 0.5) is 0 Å². The molecule has 3 rings (SSSR count). The van der Waals surface area contributed by atoms with Crippen LogP contribution in [0.1, 0.15) is 22.7 Å². The highest BCUT2D eigenvalue weighted by atomic mass is 79.9. The summed E-state index contributed by atoms with van der Waals surface area (Å²) in [6, 6.07) is 7.81. The van der Waals surface area contributed by atoms with Crippen LogP contribution in [-0.4, -0.2) is 17.3 Å². The molecule has 0 bridgehead atoms. The Bertz CT molecular complexity index is 819. The summed E-state index contributed by atoms with van der Waals surface area (Å²) in [5.74, 6) is 0.884. The Labute approximate surface area is 135 Å². The van der Waals surface area contributed by atoms with Crippen molar-refractivity contribution in [1.82, 2.24) is 10.2 Å². The molecule has 2 heterocycles. The van der Waals surface area contributed by atoms with Crippen LogP contribution in [0.2, 0.25) is 0 Å². The van der Waals surface area contributed by atoms with E-state index in [0.717, 1.165) is 27.0 Å². The number of fused-ring (bicyclic) bond motifs is 1. The number of hydrogen-bond acceptors (Lipinski definition) is 5. The van der Waals surface area contributed by atoms with E-state index in [4.69, 9.17) is 15.2 Å². The van der Waals surface area contributed by atoms with Gasteiger partial charge in [0, 0.05) is 11.3 Å². The SMILES string of the molecule is COc1ccc(C2C(C#N)=C(N)Oc3n[nH]c(C)c32)cc1Br. The molecule has 0 fully saturated rings. The van der Waals surface area contributed by atoms with Gasteiger partial charge in [-0.15, -0.1) is 5.10 Å². The van der Waals surface area contributed by atoms with Crippen LogP contribution in [0.3, 0.4) is 0 Å². The van der Waals surface area contributed by atoms with Gasteiger partial charge in [-0.25, -0.2) is 0 Å². The highest BCUT2D eigenvalue weighted by Crippen LogP contribution is 2.43. The van der Waals surface area contributed by atoms with Gasteiger partial charge in [-0.2, -0.15) is 5.26 Å². The summed E-state index contributed by atoms with van der Waals surface area (Å²) in [5.41, 5.74) is 8.82. The van der Waals surface area contributed by atoms with Crippen molar-refractivity contribution in [2.45, 2.75) is 12.8 Å². The molecule has 1 aliphatic rings. The predicted octanol–water partition coefficient (Wildman–Crippen LogP) is 2.71. The van der Waals surface area contributed by atoms with Gasteiger partial charge >= 0.3 is 0 Å². The van der Waals surface area contributed by atoms with Crippen LogP contribution in [0.25, 0.3) is 0 Å². The number of ether oxygens (including phenoxy) is 2. The lowest BCUT2D eigenvalue weighted by molar-refractivity contribution is 0.378. The average molecular weight is 361 g/mol. The number of H-pyrrole nitrogens is 1. The zero-order chi connectivity index (χ0) is 15.9. The largest absolute Gasteiger partial charge is 0.496 e. The van der Waals surface area contributed by atoms with Crippen molar-refractivity contribution in [1.29, 1.82) is 5.26 Å². The topological polar surface area (TPSA) is 96.9 Å². The van der Waals surface area contributed by atoms with Gasteiger partial charge in [-0.1, -0.05) is 6.07 Å². The Morgan fingerprint density at radius 3 is 2.91 bits per heavy atom. The molecule has 0 spiro atoms. The maximum atomic E-state index is 9.48. The van der Waals surface area contributed by atoms with E-state index in [1.807, 2.05) is 25.1 Å². The van der Waals surface area contributed by atoms with Crippen LogP contribution >= 0.6 is 15.9 Å². The van der Waals surface area contributed by atoms with Crippen molar-refractivity contribution >= 4 is 15.9 Å². The fourth-order valence-corrected chi connectivity index (χ4v) is 3.15. The van der Waals surface area contributed by atoms with Crippen molar-refractivity contribution in [3.63, 3.8) is 0 Å². The molecule has 22 heavy (non-hydrogen) atoms. The molecule has 7 heteroatoms. The van der Waals surface area contributed by atoms with E-state index in [1.54, 1.807) is 7.11 Å². The number of nitrogens with two attached hydrogens (primary N) is 1. The van der Waals surface area contributed by atoms with Gasteiger partial charge in [0.15, 0.2) is 0 Å². The van der Waals surface area contributed by atoms with Crippen LogP contribution in [0.5, 0.6) is 11.6 Å². The monoisotopic (exact) mass is 360 g/mol. The van der Waals surface area contributed by atoms with Gasteiger partial charge in [-0.3, -0.25) is 5.10 Å². The van der Waals surface area contributed by atoms with E-state index in [-0.39, 0.29) is 11.8 Å². The van der Waals surface area contributed by atoms with Gasteiger partial charge in [0.1, 0.15) is 17.4 Å². The van der Waals surface area contributed by atoms with Gasteiger partial charge in [0.25, 0.3) is 0 Å². The highest BCUT2D eigenvalue weighted by molar-refractivity contribution is 9.10. The van der Waals surface area contributed by atoms with Crippen molar-refractivity contribution < 1.29 is 9.47 Å². The lowest BCUT2D eigenvalue weighted by Gasteiger charge is -2.24. The summed E-state index contributed by atoms with van der Waals surface area (Å²) in [7, 11) is 1.60. The van der Waals surface area contributed by atoms with E-state index in [1.165, 1.54) is 0 Å². The predicted molar refractivity (Wildman–Crippen MR) is 83.3 cm³/mol. The molecule has 1 aromatic heterocycles. The third kappa shape index (κ3) is 2.12. The Morgan fingerprint density at radius 2 is 2.27 bits per heavy atom. The first-order valence-electron chi connectivity index (χ1n) is 6.52. The van der Waals surface area contributed by atoms with Gasteiger partial charge in [-0.05, 0) is 40.5 Å². The summed E-state index contributed by atoms with van der Waals surface area (Å²) in [4.78, 5) is 0. The van der Waals surface area contributed by atoms with Gasteiger partial charge in [0.05, 0.1) is 17.5 Å². The van der Waals surface area contributed by atoms with Crippen molar-refractivity contribution in [2.24, 2.45) is 5.73 Å². The molecule has 0 aliphatic carbocycles. The van der Waals surface area contributed by atoms with Gasteiger partial charge in [0.2, 0.25) is 11.8 Å². The molecule has 1 aliphatic heterocycles. The molecule has 112 valence electrons. The van der Waals surface area contributed by atoms with Crippen molar-refractivity contribution in [3.05, 3.63) is 50.9 Å². The standard InChI is InChI=1S/C15H13BrN4O2/c1-7-12-13(8-3-4-11(21-2)10(16)5-8)9(6-17)14(18)22-15(12)20-19-7/h3-5,13H,18H2,1-2H3,(H,19,20). The molecule has 1 unspecified atom stereocenters. The maximum Gasteiger partial charge on any atom is 0.244 e. The Hall–Kier alpha value is -2.46. The smallest absolute Gasteiger partial charge is 0.244 e. The average Bonchev–Trinajstić information content (AvgIpc) is 2.86. The number of aryl methyl sites for hydroxylation is 1. The Balaban J connectivity index is 2.21. The second-order valence-electron chi connectivity index (χ2n) is 4.89. The van der Waals surface area contributed by atoms with Crippen LogP contribution in [-0.2, 0) is 0 Å². The number of benzene rings is 1. The second kappa shape index (κ2) is 5.39. The third-order valence-corrected chi connectivity index (χ3v) is 4.26. The fourth-order valence-electron chi connectivity index (χ4n) is 2.59. The van der Waals surface area contributed by atoms with E-state index < -0.39 is 0 Å². The normalized spacial score (nSPS) is 16.7. The minimum absolute atomic E-state index is 0.0819. The zero-order valence-corrected chi connectivity index (χ0v) is 13.6.